The molecule has 3 rings (SSSR count). The van der Waals surface area contributed by atoms with Crippen molar-refractivity contribution in [2.75, 3.05) is 10.6 Å². The Bertz CT molecular complexity index is 1160. The topological polar surface area (TPSA) is 109 Å². The average molecular weight is 487 g/mol. The lowest BCUT2D eigenvalue weighted by Gasteiger charge is -2.19. The van der Waals surface area contributed by atoms with Gasteiger partial charge in [0.15, 0.2) is 0 Å². The Labute approximate surface area is 200 Å². The molecule has 3 N–H and O–H groups in total. The van der Waals surface area contributed by atoms with Crippen LogP contribution in [-0.4, -0.2) is 28.5 Å². The molecule has 0 bridgehead atoms. The Morgan fingerprint density at radius 1 is 1.00 bits per heavy atom. The normalized spacial score (nSPS) is 10.9. The van der Waals surface area contributed by atoms with Gasteiger partial charge >= 0.3 is 6.09 Å². The van der Waals surface area contributed by atoms with Gasteiger partial charge in [-0.15, -0.1) is 11.3 Å². The molecule has 0 saturated carbocycles. The van der Waals surface area contributed by atoms with Crippen molar-refractivity contribution in [3.63, 3.8) is 0 Å². The third-order valence-electron chi connectivity index (χ3n) is 4.14. The summed E-state index contributed by atoms with van der Waals surface area (Å²) in [5.74, 6) is -0.676. The van der Waals surface area contributed by atoms with E-state index in [1.807, 2.05) is 6.07 Å². The zero-order valence-electron chi connectivity index (χ0n) is 18.3. The van der Waals surface area contributed by atoms with Crippen molar-refractivity contribution in [2.45, 2.75) is 32.9 Å². The smallest absolute Gasteiger partial charge is 0.412 e. The number of amides is 3. The summed E-state index contributed by atoms with van der Waals surface area (Å²) >= 11 is 7.07. The number of thiophene rings is 1. The van der Waals surface area contributed by atoms with E-state index in [0.29, 0.717) is 20.6 Å². The molecule has 0 aliphatic carbocycles. The summed E-state index contributed by atoms with van der Waals surface area (Å²) in [7, 11) is 0. The highest BCUT2D eigenvalue weighted by Gasteiger charge is 2.17. The van der Waals surface area contributed by atoms with Crippen molar-refractivity contribution in [3.05, 3.63) is 75.2 Å². The first kappa shape index (κ1) is 24.2. The number of carbonyl (C=O) groups is 3. The number of hydrogen-bond donors (Lipinski definition) is 3. The number of para-hydroxylation sites is 1. The van der Waals surface area contributed by atoms with Gasteiger partial charge in [-0.2, -0.15) is 0 Å². The van der Waals surface area contributed by atoms with Crippen molar-refractivity contribution in [1.29, 1.82) is 0 Å². The van der Waals surface area contributed by atoms with Crippen molar-refractivity contribution >= 4 is 52.2 Å². The van der Waals surface area contributed by atoms with Crippen LogP contribution in [0.3, 0.4) is 0 Å². The Balaban J connectivity index is 1.61. The highest BCUT2D eigenvalue weighted by atomic mass is 35.5. The molecule has 2 heterocycles. The molecule has 0 radical (unpaired) electrons. The second kappa shape index (κ2) is 10.5. The molecule has 0 atom stereocenters. The van der Waals surface area contributed by atoms with Gasteiger partial charge in [-0.1, -0.05) is 29.8 Å². The molecular formula is C23H23ClN4O4S. The molecule has 0 spiro atoms. The predicted octanol–water partition coefficient (Wildman–Crippen LogP) is 5.33. The highest BCUT2D eigenvalue weighted by molar-refractivity contribution is 7.18. The predicted molar refractivity (Wildman–Crippen MR) is 129 cm³/mol. The molecule has 8 nitrogen and oxygen atoms in total. The van der Waals surface area contributed by atoms with Crippen LogP contribution in [0.4, 0.5) is 16.2 Å². The van der Waals surface area contributed by atoms with Gasteiger partial charge in [0.25, 0.3) is 11.8 Å². The molecule has 0 saturated heterocycles. The lowest BCUT2D eigenvalue weighted by atomic mass is 10.1. The zero-order chi connectivity index (χ0) is 24.0. The minimum atomic E-state index is -0.624. The van der Waals surface area contributed by atoms with Gasteiger partial charge in [0.05, 0.1) is 21.1 Å². The van der Waals surface area contributed by atoms with Crippen LogP contribution in [-0.2, 0) is 11.3 Å². The molecule has 33 heavy (non-hydrogen) atoms. The average Bonchev–Trinajstić information content (AvgIpc) is 3.18. The van der Waals surface area contributed by atoms with Crippen LogP contribution in [0.25, 0.3) is 0 Å². The van der Waals surface area contributed by atoms with Gasteiger partial charge < -0.3 is 15.4 Å². The minimum absolute atomic E-state index is 0.164. The SMILES string of the molecule is CC(C)(C)OC(=O)Nc1ccc(C(=O)Nc2ccccc2CNC(=O)c2ccc(Cl)s2)nc1. The molecule has 3 aromatic rings. The first-order chi connectivity index (χ1) is 15.6. The first-order valence-electron chi connectivity index (χ1n) is 9.99. The van der Waals surface area contributed by atoms with E-state index < -0.39 is 17.6 Å². The van der Waals surface area contributed by atoms with Crippen LogP contribution < -0.4 is 16.0 Å². The van der Waals surface area contributed by atoms with Crippen LogP contribution >= 0.6 is 22.9 Å². The number of ether oxygens (including phenoxy) is 1. The number of nitrogens with one attached hydrogen (secondary N) is 3. The second-order valence-corrected chi connectivity index (χ2v) is 9.67. The van der Waals surface area contributed by atoms with Gasteiger partial charge in [0.1, 0.15) is 11.3 Å². The Morgan fingerprint density at radius 2 is 1.76 bits per heavy atom. The van der Waals surface area contributed by atoms with Gasteiger partial charge in [0.2, 0.25) is 0 Å². The maximum absolute atomic E-state index is 12.7. The second-order valence-electron chi connectivity index (χ2n) is 7.96. The van der Waals surface area contributed by atoms with Crippen LogP contribution in [0.15, 0.2) is 54.7 Å². The third kappa shape index (κ3) is 7.30. The standard InChI is InChI=1S/C23H23ClN4O4S/c1-23(2,3)32-22(31)27-15-8-9-17(25-13-15)20(29)28-16-7-5-4-6-14(16)12-26-21(30)18-10-11-19(24)33-18/h4-11,13H,12H2,1-3H3,(H,26,30)(H,27,31)(H,28,29). The van der Waals surface area contributed by atoms with Crippen LogP contribution in [0.1, 0.15) is 46.5 Å². The number of anilines is 2. The van der Waals surface area contributed by atoms with Crippen LogP contribution in [0.2, 0.25) is 4.34 Å². The van der Waals surface area contributed by atoms with Crippen molar-refractivity contribution < 1.29 is 19.1 Å². The van der Waals surface area contributed by atoms with Gasteiger partial charge in [-0.05, 0) is 56.7 Å². The quantitative estimate of drug-likeness (QED) is 0.436. The maximum Gasteiger partial charge on any atom is 0.412 e. The number of hydrogen-bond acceptors (Lipinski definition) is 6. The molecule has 0 aliphatic heterocycles. The highest BCUT2D eigenvalue weighted by Crippen LogP contribution is 2.22. The summed E-state index contributed by atoms with van der Waals surface area (Å²) < 4.78 is 5.72. The Morgan fingerprint density at radius 3 is 2.39 bits per heavy atom. The van der Waals surface area contributed by atoms with E-state index in [-0.39, 0.29) is 18.1 Å². The van der Waals surface area contributed by atoms with E-state index in [4.69, 9.17) is 16.3 Å². The van der Waals surface area contributed by atoms with Crippen LogP contribution in [0.5, 0.6) is 0 Å². The van der Waals surface area contributed by atoms with E-state index >= 15 is 0 Å². The fourth-order valence-electron chi connectivity index (χ4n) is 2.71. The maximum atomic E-state index is 12.7. The molecule has 10 heteroatoms. The number of rotatable bonds is 6. The number of carbonyl (C=O) groups excluding carboxylic acids is 3. The summed E-state index contributed by atoms with van der Waals surface area (Å²) in [5.41, 5.74) is 1.21. The fourth-order valence-corrected chi connectivity index (χ4v) is 3.66. The first-order valence-corrected chi connectivity index (χ1v) is 11.2. The zero-order valence-corrected chi connectivity index (χ0v) is 19.8. The third-order valence-corrected chi connectivity index (χ3v) is 5.37. The number of nitrogens with zero attached hydrogens (tertiary/aromatic N) is 1. The van der Waals surface area contributed by atoms with Crippen LogP contribution in [0, 0.1) is 0 Å². The molecule has 1 aromatic carbocycles. The van der Waals surface area contributed by atoms with Gasteiger partial charge in [-0.25, -0.2) is 9.78 Å². The summed E-state index contributed by atoms with van der Waals surface area (Å²) in [5, 5.41) is 8.18. The fraction of sp³-hybridized carbons (Fsp3) is 0.217. The molecule has 0 fully saturated rings. The Hall–Kier alpha value is -3.43. The summed E-state index contributed by atoms with van der Waals surface area (Å²) in [6, 6.07) is 13.5. The van der Waals surface area contributed by atoms with Crippen molar-refractivity contribution in [3.8, 4) is 0 Å². The van der Waals surface area contributed by atoms with Crippen molar-refractivity contribution in [1.82, 2.24) is 10.3 Å². The molecular weight excluding hydrogens is 464 g/mol. The Kier molecular flexibility index (Phi) is 7.67. The summed E-state index contributed by atoms with van der Waals surface area (Å²) in [6.45, 7) is 5.51. The molecule has 2 aromatic heterocycles. The number of benzene rings is 1. The van der Waals surface area contributed by atoms with E-state index in [2.05, 4.69) is 20.9 Å². The van der Waals surface area contributed by atoms with E-state index in [0.717, 1.165) is 5.56 Å². The molecule has 172 valence electrons. The number of pyridine rings is 1. The monoisotopic (exact) mass is 486 g/mol. The number of halogens is 1. The largest absolute Gasteiger partial charge is 0.444 e. The lowest BCUT2D eigenvalue weighted by Crippen LogP contribution is -2.27. The van der Waals surface area contributed by atoms with Crippen molar-refractivity contribution in [2.24, 2.45) is 0 Å². The van der Waals surface area contributed by atoms with Gasteiger partial charge in [-0.3, -0.25) is 14.9 Å². The summed E-state index contributed by atoms with van der Waals surface area (Å²) in [6.07, 6.45) is 0.763. The molecule has 3 amide bonds. The molecule has 0 aliphatic rings. The van der Waals surface area contributed by atoms with E-state index in [1.54, 1.807) is 57.2 Å². The lowest BCUT2D eigenvalue weighted by molar-refractivity contribution is 0.0635. The number of aromatic nitrogens is 1. The minimum Gasteiger partial charge on any atom is -0.444 e. The van der Waals surface area contributed by atoms with E-state index in [9.17, 15) is 14.4 Å². The van der Waals surface area contributed by atoms with E-state index in [1.165, 1.54) is 23.6 Å². The molecule has 0 unspecified atom stereocenters. The summed E-state index contributed by atoms with van der Waals surface area (Å²) in [4.78, 5) is 41.4. The van der Waals surface area contributed by atoms with Gasteiger partial charge in [0, 0.05) is 12.2 Å².